The highest BCUT2D eigenvalue weighted by Gasteiger charge is 2.03. The van der Waals surface area contributed by atoms with E-state index < -0.39 is 0 Å². The summed E-state index contributed by atoms with van der Waals surface area (Å²) in [6.45, 7) is 0. The Balaban J connectivity index is 1.70. The van der Waals surface area contributed by atoms with Crippen molar-refractivity contribution in [2.24, 2.45) is 5.10 Å². The van der Waals surface area contributed by atoms with Crippen LogP contribution in [0.2, 0.25) is 5.02 Å². The molecule has 0 aliphatic heterocycles. The summed E-state index contributed by atoms with van der Waals surface area (Å²) in [6, 6.07) is 15.7. The van der Waals surface area contributed by atoms with Crippen molar-refractivity contribution >= 4 is 56.9 Å². The van der Waals surface area contributed by atoms with Gasteiger partial charge in [0.15, 0.2) is 0 Å². The first kappa shape index (κ1) is 15.5. The Hall–Kier alpha value is -1.44. The van der Waals surface area contributed by atoms with E-state index in [1.807, 2.05) is 53.9 Å². The predicted molar refractivity (Wildman–Crippen MR) is 103 cm³/mol. The number of hydrazone groups is 1. The SMILES string of the molecule is Clc1ccc(-c2csc(N/N=C/c3ccccc3I)n2)cc1. The number of thiazole rings is 1. The van der Waals surface area contributed by atoms with Gasteiger partial charge in [-0.15, -0.1) is 11.3 Å². The zero-order chi connectivity index (χ0) is 15.4. The number of halogens is 2. The summed E-state index contributed by atoms with van der Waals surface area (Å²) in [7, 11) is 0. The number of benzene rings is 2. The lowest BCUT2D eigenvalue weighted by Gasteiger charge is -1.97. The molecule has 0 aliphatic carbocycles. The number of rotatable bonds is 4. The van der Waals surface area contributed by atoms with Crippen molar-refractivity contribution < 1.29 is 0 Å². The van der Waals surface area contributed by atoms with Gasteiger partial charge in [-0.05, 0) is 40.8 Å². The molecule has 1 aromatic heterocycles. The van der Waals surface area contributed by atoms with Crippen molar-refractivity contribution in [2.75, 3.05) is 5.43 Å². The van der Waals surface area contributed by atoms with Crippen LogP contribution in [0, 0.1) is 3.57 Å². The fraction of sp³-hybridized carbons (Fsp3) is 0. The van der Waals surface area contributed by atoms with Gasteiger partial charge in [-0.1, -0.05) is 41.9 Å². The van der Waals surface area contributed by atoms with Crippen LogP contribution in [-0.4, -0.2) is 11.2 Å². The van der Waals surface area contributed by atoms with Crippen molar-refractivity contribution in [1.82, 2.24) is 4.98 Å². The highest BCUT2D eigenvalue weighted by molar-refractivity contribution is 14.1. The molecular weight excluding hydrogens is 429 g/mol. The minimum atomic E-state index is 0.722. The third kappa shape index (κ3) is 3.85. The Morgan fingerprint density at radius 3 is 2.68 bits per heavy atom. The summed E-state index contributed by atoms with van der Waals surface area (Å²) in [5.74, 6) is 0. The van der Waals surface area contributed by atoms with E-state index in [0.29, 0.717) is 0 Å². The summed E-state index contributed by atoms with van der Waals surface area (Å²) in [4.78, 5) is 4.51. The molecule has 3 aromatic rings. The van der Waals surface area contributed by atoms with Gasteiger partial charge in [0.1, 0.15) is 0 Å². The molecule has 0 saturated heterocycles. The maximum Gasteiger partial charge on any atom is 0.203 e. The molecule has 6 heteroatoms. The Morgan fingerprint density at radius 2 is 1.91 bits per heavy atom. The number of hydrogen-bond acceptors (Lipinski definition) is 4. The molecule has 0 spiro atoms. The van der Waals surface area contributed by atoms with Gasteiger partial charge in [0.05, 0.1) is 11.9 Å². The first-order valence-corrected chi connectivity index (χ1v) is 8.81. The molecule has 0 radical (unpaired) electrons. The molecule has 0 bridgehead atoms. The summed E-state index contributed by atoms with van der Waals surface area (Å²) in [5.41, 5.74) is 5.99. The summed E-state index contributed by atoms with van der Waals surface area (Å²) >= 11 is 9.70. The molecule has 3 nitrogen and oxygen atoms in total. The minimum Gasteiger partial charge on any atom is -0.253 e. The molecule has 0 saturated carbocycles. The van der Waals surface area contributed by atoms with Crippen LogP contribution in [0.25, 0.3) is 11.3 Å². The van der Waals surface area contributed by atoms with Crippen LogP contribution in [0.3, 0.4) is 0 Å². The average Bonchev–Trinajstić information content (AvgIpc) is 2.99. The van der Waals surface area contributed by atoms with E-state index in [9.17, 15) is 0 Å². The van der Waals surface area contributed by atoms with Gasteiger partial charge in [-0.3, -0.25) is 5.43 Å². The maximum atomic E-state index is 5.89. The highest BCUT2D eigenvalue weighted by atomic mass is 127. The summed E-state index contributed by atoms with van der Waals surface area (Å²) in [6.07, 6.45) is 1.80. The van der Waals surface area contributed by atoms with Gasteiger partial charge < -0.3 is 0 Å². The van der Waals surface area contributed by atoms with E-state index in [1.54, 1.807) is 6.21 Å². The number of nitrogens with zero attached hydrogens (tertiary/aromatic N) is 2. The van der Waals surface area contributed by atoms with Crippen LogP contribution in [0.5, 0.6) is 0 Å². The molecule has 1 N–H and O–H groups in total. The lowest BCUT2D eigenvalue weighted by molar-refractivity contribution is 1.29. The quantitative estimate of drug-likeness (QED) is 0.330. The van der Waals surface area contributed by atoms with Crippen molar-refractivity contribution in [3.63, 3.8) is 0 Å². The summed E-state index contributed by atoms with van der Waals surface area (Å²) < 4.78 is 1.16. The molecule has 22 heavy (non-hydrogen) atoms. The van der Waals surface area contributed by atoms with Crippen LogP contribution in [-0.2, 0) is 0 Å². The first-order chi connectivity index (χ1) is 10.7. The fourth-order valence-corrected chi connectivity index (χ4v) is 3.14. The van der Waals surface area contributed by atoms with Crippen LogP contribution >= 0.6 is 45.5 Å². The van der Waals surface area contributed by atoms with Crippen LogP contribution in [0.15, 0.2) is 59.0 Å². The van der Waals surface area contributed by atoms with Crippen LogP contribution in [0.1, 0.15) is 5.56 Å². The fourth-order valence-electron chi connectivity index (χ4n) is 1.82. The minimum absolute atomic E-state index is 0.722. The number of aromatic nitrogens is 1. The van der Waals surface area contributed by atoms with E-state index in [0.717, 1.165) is 30.5 Å². The van der Waals surface area contributed by atoms with Crippen molar-refractivity contribution in [1.29, 1.82) is 0 Å². The van der Waals surface area contributed by atoms with E-state index in [4.69, 9.17) is 11.6 Å². The maximum absolute atomic E-state index is 5.89. The number of anilines is 1. The molecule has 0 amide bonds. The molecule has 0 aliphatic rings. The molecular formula is C16H11ClIN3S. The van der Waals surface area contributed by atoms with E-state index in [2.05, 4.69) is 38.1 Å². The molecule has 2 aromatic carbocycles. The lowest BCUT2D eigenvalue weighted by Crippen LogP contribution is -1.91. The normalized spacial score (nSPS) is 11.0. The second-order valence-corrected chi connectivity index (χ2v) is 6.89. The van der Waals surface area contributed by atoms with Gasteiger partial charge in [-0.25, -0.2) is 4.98 Å². The molecule has 3 rings (SSSR count). The zero-order valence-electron chi connectivity index (χ0n) is 11.3. The highest BCUT2D eigenvalue weighted by Crippen LogP contribution is 2.25. The third-order valence-corrected chi connectivity index (χ3v) is 4.89. The van der Waals surface area contributed by atoms with E-state index >= 15 is 0 Å². The molecule has 0 unspecified atom stereocenters. The van der Waals surface area contributed by atoms with Crippen molar-refractivity contribution in [2.45, 2.75) is 0 Å². The largest absolute Gasteiger partial charge is 0.253 e. The number of hydrogen-bond donors (Lipinski definition) is 1. The third-order valence-electron chi connectivity index (χ3n) is 2.91. The monoisotopic (exact) mass is 439 g/mol. The second-order valence-electron chi connectivity index (χ2n) is 4.44. The van der Waals surface area contributed by atoms with Gasteiger partial charge in [0, 0.05) is 25.1 Å². The predicted octanol–water partition coefficient (Wildman–Crippen LogP) is 5.51. The summed E-state index contributed by atoms with van der Waals surface area (Å²) in [5, 5.41) is 7.71. The van der Waals surface area contributed by atoms with Crippen molar-refractivity contribution in [3.05, 3.63) is 68.1 Å². The smallest absolute Gasteiger partial charge is 0.203 e. The standard InChI is InChI=1S/C16H11ClIN3S/c17-13-7-5-11(6-8-13)15-10-22-16(20-15)21-19-9-12-3-1-2-4-14(12)18/h1-10H,(H,20,21)/b19-9+. The second kappa shape index (κ2) is 7.21. The van der Waals surface area contributed by atoms with Crippen LogP contribution < -0.4 is 5.43 Å². The Morgan fingerprint density at radius 1 is 1.14 bits per heavy atom. The molecule has 110 valence electrons. The van der Waals surface area contributed by atoms with Gasteiger partial charge in [0.2, 0.25) is 5.13 Å². The molecule has 0 fully saturated rings. The van der Waals surface area contributed by atoms with Gasteiger partial charge in [0.25, 0.3) is 0 Å². The van der Waals surface area contributed by atoms with E-state index in [1.165, 1.54) is 11.3 Å². The number of nitrogens with one attached hydrogen (secondary N) is 1. The van der Waals surface area contributed by atoms with Gasteiger partial charge in [-0.2, -0.15) is 5.10 Å². The Kier molecular flexibility index (Phi) is 5.07. The first-order valence-electron chi connectivity index (χ1n) is 6.47. The van der Waals surface area contributed by atoms with Gasteiger partial charge >= 0.3 is 0 Å². The van der Waals surface area contributed by atoms with Crippen LogP contribution in [0.4, 0.5) is 5.13 Å². The molecule has 0 atom stereocenters. The average molecular weight is 440 g/mol. The van der Waals surface area contributed by atoms with Crippen molar-refractivity contribution in [3.8, 4) is 11.3 Å². The molecule has 1 heterocycles. The lowest BCUT2D eigenvalue weighted by atomic mass is 10.2. The Bertz CT molecular complexity index is 799. The zero-order valence-corrected chi connectivity index (χ0v) is 15.1. The Labute approximate surface area is 151 Å². The van der Waals surface area contributed by atoms with E-state index in [-0.39, 0.29) is 0 Å². The topological polar surface area (TPSA) is 37.3 Å².